The lowest BCUT2D eigenvalue weighted by atomic mass is 9.96. The number of amides is 1. The quantitative estimate of drug-likeness (QED) is 0.765. The van der Waals surface area contributed by atoms with Crippen LogP contribution in [0.2, 0.25) is 0 Å². The van der Waals surface area contributed by atoms with Crippen molar-refractivity contribution in [1.82, 2.24) is 20.1 Å². The molecule has 0 bridgehead atoms. The van der Waals surface area contributed by atoms with E-state index in [1.807, 2.05) is 24.3 Å². The summed E-state index contributed by atoms with van der Waals surface area (Å²) in [4.78, 5) is 24.1. The number of benzene rings is 1. The maximum Gasteiger partial charge on any atom is 0.298 e. The Kier molecular flexibility index (Phi) is 6.12. The molecule has 2 saturated heterocycles. The first kappa shape index (κ1) is 19.2. The highest BCUT2D eigenvalue weighted by Gasteiger charge is 2.27. The van der Waals surface area contributed by atoms with Crippen molar-refractivity contribution in [2.24, 2.45) is 5.92 Å². The van der Waals surface area contributed by atoms with E-state index < -0.39 is 0 Å². The first-order valence-electron chi connectivity index (χ1n) is 10.5. The predicted octanol–water partition coefficient (Wildman–Crippen LogP) is 1.80. The number of anilines is 1. The van der Waals surface area contributed by atoms with Gasteiger partial charge in [-0.1, -0.05) is 12.1 Å². The minimum Gasteiger partial charge on any atom is -0.423 e. The Bertz CT molecular complexity index is 743. The second kappa shape index (κ2) is 8.92. The molecule has 0 unspecified atom stereocenters. The summed E-state index contributed by atoms with van der Waals surface area (Å²) in [7, 11) is 2.17. The van der Waals surface area contributed by atoms with E-state index in [0.29, 0.717) is 6.01 Å². The van der Waals surface area contributed by atoms with Crippen molar-refractivity contribution in [3.8, 4) is 0 Å². The van der Waals surface area contributed by atoms with Crippen LogP contribution in [0.5, 0.6) is 0 Å². The summed E-state index contributed by atoms with van der Waals surface area (Å²) in [5.74, 6) is 0.305. The second-order valence-corrected chi connectivity index (χ2v) is 8.01. The molecular weight excluding hydrogens is 354 g/mol. The van der Waals surface area contributed by atoms with Crippen LogP contribution in [0.1, 0.15) is 19.3 Å². The van der Waals surface area contributed by atoms with Gasteiger partial charge in [0.25, 0.3) is 6.01 Å². The van der Waals surface area contributed by atoms with Gasteiger partial charge in [0.05, 0.1) is 0 Å². The number of aromatic nitrogens is 1. The molecule has 0 aliphatic carbocycles. The van der Waals surface area contributed by atoms with Crippen LogP contribution in [0.4, 0.5) is 6.01 Å². The number of hydrogen-bond acceptors (Lipinski definition) is 6. The van der Waals surface area contributed by atoms with Gasteiger partial charge in [0.1, 0.15) is 5.52 Å². The SMILES string of the molecule is CN1CCN(CCCNC(=O)C2CCN(c3nc4ccccc4o3)CC2)CC1. The van der Waals surface area contributed by atoms with Crippen molar-refractivity contribution in [1.29, 1.82) is 0 Å². The van der Waals surface area contributed by atoms with Crippen molar-refractivity contribution >= 4 is 23.0 Å². The number of carbonyl (C=O) groups excluding carboxylic acids is 1. The normalized spacial score (nSPS) is 20.0. The van der Waals surface area contributed by atoms with Crippen molar-refractivity contribution in [3.05, 3.63) is 24.3 Å². The van der Waals surface area contributed by atoms with Gasteiger partial charge in [-0.2, -0.15) is 4.98 Å². The molecule has 2 aliphatic rings. The monoisotopic (exact) mass is 385 g/mol. The molecule has 2 aliphatic heterocycles. The van der Waals surface area contributed by atoms with Crippen LogP contribution in [0.3, 0.4) is 0 Å². The molecule has 0 atom stereocenters. The molecule has 0 spiro atoms. The number of likely N-dealkylation sites (N-methyl/N-ethyl adjacent to an activating group) is 1. The Morgan fingerprint density at radius 1 is 1.14 bits per heavy atom. The average molecular weight is 386 g/mol. The minimum absolute atomic E-state index is 0.101. The minimum atomic E-state index is 0.101. The fourth-order valence-electron chi connectivity index (χ4n) is 4.06. The van der Waals surface area contributed by atoms with E-state index in [2.05, 4.69) is 32.0 Å². The molecule has 3 heterocycles. The summed E-state index contributed by atoms with van der Waals surface area (Å²) in [6, 6.07) is 8.50. The Morgan fingerprint density at radius 2 is 1.89 bits per heavy atom. The van der Waals surface area contributed by atoms with Crippen LogP contribution in [0.15, 0.2) is 28.7 Å². The van der Waals surface area contributed by atoms with Gasteiger partial charge in [-0.25, -0.2) is 0 Å². The van der Waals surface area contributed by atoms with Crippen molar-refractivity contribution in [2.45, 2.75) is 19.3 Å². The van der Waals surface area contributed by atoms with E-state index in [-0.39, 0.29) is 11.8 Å². The Balaban J connectivity index is 1.17. The number of oxazole rings is 1. The lowest BCUT2D eigenvalue weighted by Gasteiger charge is -2.32. The largest absolute Gasteiger partial charge is 0.423 e. The highest BCUT2D eigenvalue weighted by atomic mass is 16.4. The second-order valence-electron chi connectivity index (χ2n) is 8.01. The molecule has 2 fully saturated rings. The molecule has 0 radical (unpaired) electrons. The number of piperidine rings is 1. The number of hydrogen-bond donors (Lipinski definition) is 1. The first-order chi connectivity index (χ1) is 13.7. The molecular formula is C21H31N5O2. The highest BCUT2D eigenvalue weighted by Crippen LogP contribution is 2.26. The van der Waals surface area contributed by atoms with Gasteiger partial charge in [-0.3, -0.25) is 4.79 Å². The van der Waals surface area contributed by atoms with E-state index in [0.717, 1.165) is 82.7 Å². The molecule has 28 heavy (non-hydrogen) atoms. The van der Waals surface area contributed by atoms with E-state index in [9.17, 15) is 4.79 Å². The molecule has 7 nitrogen and oxygen atoms in total. The molecule has 1 N–H and O–H groups in total. The van der Waals surface area contributed by atoms with Crippen LogP contribution in [0.25, 0.3) is 11.1 Å². The zero-order valence-corrected chi connectivity index (χ0v) is 16.8. The van der Waals surface area contributed by atoms with Gasteiger partial charge in [0.2, 0.25) is 5.91 Å². The molecule has 1 aromatic heterocycles. The van der Waals surface area contributed by atoms with Crippen molar-refractivity contribution in [3.63, 3.8) is 0 Å². The van der Waals surface area contributed by atoms with Gasteiger partial charge in [0, 0.05) is 51.7 Å². The van der Waals surface area contributed by atoms with Crippen LogP contribution < -0.4 is 10.2 Å². The predicted molar refractivity (Wildman–Crippen MR) is 111 cm³/mol. The molecule has 0 saturated carbocycles. The van der Waals surface area contributed by atoms with Crippen LogP contribution in [0, 0.1) is 5.92 Å². The lowest BCUT2D eigenvalue weighted by molar-refractivity contribution is -0.125. The van der Waals surface area contributed by atoms with Crippen LogP contribution >= 0.6 is 0 Å². The summed E-state index contributed by atoms with van der Waals surface area (Å²) < 4.78 is 5.85. The molecule has 152 valence electrons. The van der Waals surface area contributed by atoms with E-state index in [1.165, 1.54) is 0 Å². The number of para-hydroxylation sites is 2. The standard InChI is InChI=1S/C21H31N5O2/c1-24-13-15-25(16-14-24)10-4-9-22-20(27)17-7-11-26(12-8-17)21-23-18-5-2-3-6-19(18)28-21/h2-3,5-6,17H,4,7-16H2,1H3,(H,22,27). The molecule has 1 aromatic carbocycles. The van der Waals surface area contributed by atoms with Gasteiger partial charge < -0.3 is 24.4 Å². The molecule has 4 rings (SSSR count). The summed E-state index contributed by atoms with van der Waals surface area (Å²) in [5, 5.41) is 3.14. The van der Waals surface area contributed by atoms with Crippen molar-refractivity contribution < 1.29 is 9.21 Å². The fourth-order valence-corrected chi connectivity index (χ4v) is 4.06. The summed E-state index contributed by atoms with van der Waals surface area (Å²) >= 11 is 0. The Labute approximate surface area is 166 Å². The van der Waals surface area contributed by atoms with Gasteiger partial charge in [-0.15, -0.1) is 0 Å². The third kappa shape index (κ3) is 4.64. The van der Waals surface area contributed by atoms with Crippen LogP contribution in [-0.2, 0) is 4.79 Å². The van der Waals surface area contributed by atoms with Crippen LogP contribution in [-0.4, -0.2) is 80.1 Å². The molecule has 2 aromatic rings. The number of nitrogens with one attached hydrogen (secondary N) is 1. The summed E-state index contributed by atoms with van der Waals surface area (Å²) in [6.45, 7) is 8.03. The summed E-state index contributed by atoms with van der Waals surface area (Å²) in [6.07, 6.45) is 2.73. The Morgan fingerprint density at radius 3 is 2.64 bits per heavy atom. The maximum atomic E-state index is 12.5. The topological polar surface area (TPSA) is 64.8 Å². The zero-order valence-electron chi connectivity index (χ0n) is 16.8. The highest BCUT2D eigenvalue weighted by molar-refractivity contribution is 5.79. The third-order valence-corrected chi connectivity index (χ3v) is 5.97. The maximum absolute atomic E-state index is 12.5. The number of nitrogens with zero attached hydrogens (tertiary/aromatic N) is 4. The zero-order chi connectivity index (χ0) is 19.3. The van der Waals surface area contributed by atoms with Gasteiger partial charge in [0.15, 0.2) is 5.58 Å². The number of rotatable bonds is 6. The van der Waals surface area contributed by atoms with E-state index in [4.69, 9.17) is 4.42 Å². The molecule has 7 heteroatoms. The number of piperazine rings is 1. The molecule has 1 amide bonds. The van der Waals surface area contributed by atoms with Gasteiger partial charge in [-0.05, 0) is 45.0 Å². The van der Waals surface area contributed by atoms with Crippen molar-refractivity contribution in [2.75, 3.05) is 64.3 Å². The number of carbonyl (C=O) groups is 1. The third-order valence-electron chi connectivity index (χ3n) is 5.97. The average Bonchev–Trinajstić information content (AvgIpc) is 3.17. The fraction of sp³-hybridized carbons (Fsp3) is 0.619. The van der Waals surface area contributed by atoms with Gasteiger partial charge >= 0.3 is 0 Å². The Hall–Kier alpha value is -2.12. The lowest BCUT2D eigenvalue weighted by Crippen LogP contribution is -2.45. The van der Waals surface area contributed by atoms with E-state index in [1.54, 1.807) is 0 Å². The number of fused-ring (bicyclic) bond motifs is 1. The first-order valence-corrected chi connectivity index (χ1v) is 10.5. The summed E-state index contributed by atoms with van der Waals surface area (Å²) in [5.41, 5.74) is 1.70. The van der Waals surface area contributed by atoms with E-state index >= 15 is 0 Å². The smallest absolute Gasteiger partial charge is 0.298 e.